The Morgan fingerprint density at radius 2 is 1.91 bits per heavy atom. The fourth-order valence-corrected chi connectivity index (χ4v) is 0.821. The third-order valence-electron chi connectivity index (χ3n) is 1.42. The number of hydrogen-bond acceptors (Lipinski definition) is 3. The van der Waals surface area contributed by atoms with Crippen LogP contribution in [0.25, 0.3) is 0 Å². The molecule has 0 aromatic carbocycles. The van der Waals surface area contributed by atoms with Gasteiger partial charge in [0.2, 0.25) is 0 Å². The van der Waals surface area contributed by atoms with E-state index in [1.807, 2.05) is 20.8 Å². The molecule has 3 nitrogen and oxygen atoms in total. The largest absolute Gasteiger partial charge is 0.382 e. The van der Waals surface area contributed by atoms with Crippen LogP contribution < -0.4 is 5.73 Å². The fraction of sp³-hybridized carbons (Fsp3) is 1.00. The van der Waals surface area contributed by atoms with Crippen LogP contribution in [0.4, 0.5) is 0 Å². The van der Waals surface area contributed by atoms with Crippen molar-refractivity contribution in [1.29, 1.82) is 0 Å². The van der Waals surface area contributed by atoms with Gasteiger partial charge in [-0.25, -0.2) is 0 Å². The normalized spacial score (nSPS) is 16.4. The quantitative estimate of drug-likeness (QED) is 0.469. The molecule has 0 aliphatic carbocycles. The highest BCUT2D eigenvalue weighted by molar-refractivity contribution is 4.65. The Morgan fingerprint density at radius 1 is 1.27 bits per heavy atom. The first-order valence-corrected chi connectivity index (χ1v) is 4.13. The van der Waals surface area contributed by atoms with E-state index in [9.17, 15) is 0 Å². The van der Waals surface area contributed by atoms with Crippen molar-refractivity contribution >= 4 is 0 Å². The predicted molar refractivity (Wildman–Crippen MR) is 45.3 cm³/mol. The van der Waals surface area contributed by atoms with Crippen LogP contribution in [-0.4, -0.2) is 25.5 Å². The molecule has 11 heavy (non-hydrogen) atoms. The predicted octanol–water partition coefficient (Wildman–Crippen LogP) is 1.12. The molecule has 1 atom stereocenters. The number of ether oxygens (including phenoxy) is 2. The summed E-state index contributed by atoms with van der Waals surface area (Å²) < 4.78 is 10.4. The van der Waals surface area contributed by atoms with Crippen LogP contribution in [0, 0.1) is 0 Å². The summed E-state index contributed by atoms with van der Waals surface area (Å²) in [6, 6.07) is 0. The van der Waals surface area contributed by atoms with Gasteiger partial charge in [0.25, 0.3) is 0 Å². The van der Waals surface area contributed by atoms with Gasteiger partial charge in [0.1, 0.15) is 5.72 Å². The summed E-state index contributed by atoms with van der Waals surface area (Å²) in [6.07, 6.45) is 0.745. The van der Waals surface area contributed by atoms with E-state index in [-0.39, 0.29) is 0 Å². The van der Waals surface area contributed by atoms with Crippen molar-refractivity contribution in [2.75, 3.05) is 19.8 Å². The van der Waals surface area contributed by atoms with E-state index in [2.05, 4.69) is 0 Å². The molecule has 0 rings (SSSR count). The van der Waals surface area contributed by atoms with Crippen LogP contribution in [0.3, 0.4) is 0 Å². The van der Waals surface area contributed by atoms with E-state index < -0.39 is 5.72 Å². The van der Waals surface area contributed by atoms with Crippen LogP contribution in [0.5, 0.6) is 0 Å². The first kappa shape index (κ1) is 10.9. The molecule has 0 aromatic rings. The second kappa shape index (κ2) is 5.52. The summed E-state index contributed by atoms with van der Waals surface area (Å²) in [5, 5.41) is 0. The summed E-state index contributed by atoms with van der Waals surface area (Å²) in [7, 11) is 0. The monoisotopic (exact) mass is 161 g/mol. The van der Waals surface area contributed by atoms with Crippen molar-refractivity contribution in [1.82, 2.24) is 0 Å². The highest BCUT2D eigenvalue weighted by atomic mass is 16.5. The zero-order chi connectivity index (χ0) is 8.74. The van der Waals surface area contributed by atoms with Gasteiger partial charge in [0, 0.05) is 19.6 Å². The summed E-state index contributed by atoms with van der Waals surface area (Å²) >= 11 is 0. The Labute approximate surface area is 68.9 Å². The lowest BCUT2D eigenvalue weighted by Gasteiger charge is -2.23. The molecular formula is C8H19NO2. The molecule has 0 radical (unpaired) electrons. The maximum atomic E-state index is 5.77. The smallest absolute Gasteiger partial charge is 0.116 e. The highest BCUT2D eigenvalue weighted by Crippen LogP contribution is 2.06. The van der Waals surface area contributed by atoms with Gasteiger partial charge in [-0.3, -0.25) is 0 Å². The Kier molecular flexibility index (Phi) is 5.46. The lowest BCUT2D eigenvalue weighted by Crippen LogP contribution is -2.40. The van der Waals surface area contributed by atoms with Gasteiger partial charge < -0.3 is 15.2 Å². The molecule has 0 amide bonds. The molecule has 0 bridgehead atoms. The van der Waals surface area contributed by atoms with Crippen LogP contribution in [0.1, 0.15) is 27.2 Å². The lowest BCUT2D eigenvalue weighted by atomic mass is 10.2. The van der Waals surface area contributed by atoms with Gasteiger partial charge in [-0.2, -0.15) is 0 Å². The first-order valence-electron chi connectivity index (χ1n) is 4.13. The van der Waals surface area contributed by atoms with E-state index in [4.69, 9.17) is 15.2 Å². The molecule has 0 fully saturated rings. The SMILES string of the molecule is CCOCC[C@@](C)(N)OCC. The maximum Gasteiger partial charge on any atom is 0.116 e. The van der Waals surface area contributed by atoms with Crippen molar-refractivity contribution in [3.63, 3.8) is 0 Å². The van der Waals surface area contributed by atoms with Gasteiger partial charge in [0.15, 0.2) is 0 Å². The van der Waals surface area contributed by atoms with Gasteiger partial charge >= 0.3 is 0 Å². The van der Waals surface area contributed by atoms with E-state index in [0.717, 1.165) is 13.0 Å². The van der Waals surface area contributed by atoms with Crippen molar-refractivity contribution in [3.05, 3.63) is 0 Å². The zero-order valence-electron chi connectivity index (χ0n) is 7.72. The average Bonchev–Trinajstić information content (AvgIpc) is 1.87. The van der Waals surface area contributed by atoms with E-state index in [0.29, 0.717) is 13.2 Å². The number of rotatable bonds is 6. The molecule has 0 aliphatic rings. The second-order valence-corrected chi connectivity index (χ2v) is 2.69. The highest BCUT2D eigenvalue weighted by Gasteiger charge is 2.16. The minimum Gasteiger partial charge on any atom is -0.382 e. The molecule has 0 spiro atoms. The Balaban J connectivity index is 3.38. The maximum absolute atomic E-state index is 5.77. The third kappa shape index (κ3) is 6.28. The minimum absolute atomic E-state index is 0.524. The van der Waals surface area contributed by atoms with Gasteiger partial charge in [-0.1, -0.05) is 0 Å². The standard InChI is InChI=1S/C8H19NO2/c1-4-10-7-6-8(3,9)11-5-2/h4-7,9H2,1-3H3/t8-/m0/s1. The molecule has 3 heteroatoms. The second-order valence-electron chi connectivity index (χ2n) is 2.69. The summed E-state index contributed by atoms with van der Waals surface area (Å²) in [6.45, 7) is 7.83. The molecule has 0 unspecified atom stereocenters. The molecule has 68 valence electrons. The topological polar surface area (TPSA) is 44.5 Å². The van der Waals surface area contributed by atoms with Gasteiger partial charge in [-0.15, -0.1) is 0 Å². The number of hydrogen-bond donors (Lipinski definition) is 1. The summed E-state index contributed by atoms with van der Waals surface area (Å²) in [5.74, 6) is 0. The van der Waals surface area contributed by atoms with E-state index in [1.165, 1.54) is 0 Å². The van der Waals surface area contributed by atoms with Gasteiger partial charge in [-0.05, 0) is 20.8 Å². The average molecular weight is 161 g/mol. The van der Waals surface area contributed by atoms with Crippen molar-refractivity contribution in [2.45, 2.75) is 32.9 Å². The minimum atomic E-state index is -0.524. The van der Waals surface area contributed by atoms with Crippen molar-refractivity contribution in [2.24, 2.45) is 5.73 Å². The molecule has 0 saturated heterocycles. The van der Waals surface area contributed by atoms with Crippen molar-refractivity contribution in [3.8, 4) is 0 Å². The Hall–Kier alpha value is -0.120. The van der Waals surface area contributed by atoms with Crippen LogP contribution in [0.15, 0.2) is 0 Å². The number of nitrogens with two attached hydrogens (primary N) is 1. The molecule has 2 N–H and O–H groups in total. The van der Waals surface area contributed by atoms with E-state index in [1.54, 1.807) is 0 Å². The molecule has 0 saturated carbocycles. The fourth-order valence-electron chi connectivity index (χ4n) is 0.821. The molecule has 0 aromatic heterocycles. The summed E-state index contributed by atoms with van der Waals surface area (Å²) in [4.78, 5) is 0. The molecule has 0 heterocycles. The van der Waals surface area contributed by atoms with Crippen LogP contribution >= 0.6 is 0 Å². The molecule has 0 aliphatic heterocycles. The third-order valence-corrected chi connectivity index (χ3v) is 1.42. The van der Waals surface area contributed by atoms with Crippen LogP contribution in [-0.2, 0) is 9.47 Å². The van der Waals surface area contributed by atoms with Crippen molar-refractivity contribution < 1.29 is 9.47 Å². The Bertz CT molecular complexity index is 94.1. The molecular weight excluding hydrogens is 142 g/mol. The van der Waals surface area contributed by atoms with Crippen LogP contribution in [0.2, 0.25) is 0 Å². The van der Waals surface area contributed by atoms with E-state index >= 15 is 0 Å². The zero-order valence-corrected chi connectivity index (χ0v) is 7.72. The lowest BCUT2D eigenvalue weighted by molar-refractivity contribution is -0.0427. The first-order chi connectivity index (χ1) is 5.12. The Morgan fingerprint density at radius 3 is 2.36 bits per heavy atom. The summed E-state index contributed by atoms with van der Waals surface area (Å²) in [5.41, 5.74) is 5.24. The van der Waals surface area contributed by atoms with Gasteiger partial charge in [0.05, 0.1) is 6.61 Å².